The molecule has 1 heterocycles. The van der Waals surface area contributed by atoms with Gasteiger partial charge in [0.05, 0.1) is 11.4 Å². The quantitative estimate of drug-likeness (QED) is 0.808. The van der Waals surface area contributed by atoms with Crippen molar-refractivity contribution in [2.75, 3.05) is 0 Å². The van der Waals surface area contributed by atoms with Gasteiger partial charge in [-0.15, -0.1) is 0 Å². The van der Waals surface area contributed by atoms with Gasteiger partial charge in [-0.2, -0.15) is 0 Å². The van der Waals surface area contributed by atoms with Crippen LogP contribution in [0.3, 0.4) is 0 Å². The van der Waals surface area contributed by atoms with E-state index in [9.17, 15) is 4.39 Å². The molecule has 0 radical (unpaired) electrons. The van der Waals surface area contributed by atoms with Crippen molar-refractivity contribution in [2.24, 2.45) is 0 Å². The standard InChI is InChI=1S/C15H17FN2/c1-15(2,3)14-10-17-13(9-18-14)8-11-4-6-12(16)7-5-11/h4-7,9-10H,8H2,1-3H3. The Kier molecular flexibility index (Phi) is 3.41. The Labute approximate surface area is 107 Å². The van der Waals surface area contributed by atoms with Crippen molar-refractivity contribution >= 4 is 0 Å². The molecule has 2 rings (SSSR count). The Bertz CT molecular complexity index is 510. The molecule has 0 fully saturated rings. The second kappa shape index (κ2) is 4.84. The van der Waals surface area contributed by atoms with Crippen LogP contribution in [0.5, 0.6) is 0 Å². The normalized spacial score (nSPS) is 11.6. The molecule has 2 nitrogen and oxygen atoms in total. The maximum Gasteiger partial charge on any atom is 0.123 e. The van der Waals surface area contributed by atoms with Gasteiger partial charge in [-0.25, -0.2) is 4.39 Å². The first-order valence-corrected chi connectivity index (χ1v) is 6.01. The van der Waals surface area contributed by atoms with Crippen LogP contribution in [0.25, 0.3) is 0 Å². The fraction of sp³-hybridized carbons (Fsp3) is 0.333. The molecule has 3 heteroatoms. The Morgan fingerprint density at radius 1 is 1.00 bits per heavy atom. The lowest BCUT2D eigenvalue weighted by molar-refractivity contribution is 0.564. The summed E-state index contributed by atoms with van der Waals surface area (Å²) in [6.07, 6.45) is 4.29. The molecule has 18 heavy (non-hydrogen) atoms. The van der Waals surface area contributed by atoms with Gasteiger partial charge in [-0.05, 0) is 17.7 Å². The summed E-state index contributed by atoms with van der Waals surface area (Å²) in [6.45, 7) is 6.32. The molecular formula is C15H17FN2. The van der Waals surface area contributed by atoms with Crippen LogP contribution < -0.4 is 0 Å². The molecule has 0 saturated carbocycles. The highest BCUT2D eigenvalue weighted by Crippen LogP contribution is 2.19. The van der Waals surface area contributed by atoms with Gasteiger partial charge in [0.2, 0.25) is 0 Å². The van der Waals surface area contributed by atoms with Crippen LogP contribution in [-0.2, 0) is 11.8 Å². The number of nitrogens with zero attached hydrogens (tertiary/aromatic N) is 2. The highest BCUT2D eigenvalue weighted by atomic mass is 19.1. The predicted octanol–water partition coefficient (Wildman–Crippen LogP) is 3.50. The van der Waals surface area contributed by atoms with E-state index < -0.39 is 0 Å². The van der Waals surface area contributed by atoms with Gasteiger partial charge in [0.15, 0.2) is 0 Å². The molecule has 0 aliphatic heterocycles. The van der Waals surface area contributed by atoms with E-state index in [1.54, 1.807) is 18.3 Å². The van der Waals surface area contributed by atoms with Crippen molar-refractivity contribution in [3.8, 4) is 0 Å². The second-order valence-corrected chi connectivity index (χ2v) is 5.45. The van der Waals surface area contributed by atoms with Gasteiger partial charge >= 0.3 is 0 Å². The molecule has 0 aliphatic rings. The van der Waals surface area contributed by atoms with E-state index in [4.69, 9.17) is 0 Å². The molecule has 1 aromatic heterocycles. The average molecular weight is 244 g/mol. The fourth-order valence-electron chi connectivity index (χ4n) is 1.64. The van der Waals surface area contributed by atoms with Crippen molar-refractivity contribution < 1.29 is 4.39 Å². The maximum atomic E-state index is 12.8. The smallest absolute Gasteiger partial charge is 0.123 e. The zero-order valence-electron chi connectivity index (χ0n) is 10.9. The number of aromatic nitrogens is 2. The first-order valence-electron chi connectivity index (χ1n) is 6.01. The summed E-state index contributed by atoms with van der Waals surface area (Å²) in [5.74, 6) is -0.215. The van der Waals surface area contributed by atoms with Gasteiger partial charge < -0.3 is 0 Å². The molecule has 94 valence electrons. The van der Waals surface area contributed by atoms with E-state index in [-0.39, 0.29) is 11.2 Å². The number of hydrogen-bond acceptors (Lipinski definition) is 2. The molecule has 1 aromatic carbocycles. The highest BCUT2D eigenvalue weighted by molar-refractivity contribution is 5.22. The van der Waals surface area contributed by atoms with E-state index in [1.807, 2.05) is 6.20 Å². The topological polar surface area (TPSA) is 25.8 Å². The first-order chi connectivity index (χ1) is 8.45. The summed E-state index contributed by atoms with van der Waals surface area (Å²) in [6, 6.07) is 6.47. The van der Waals surface area contributed by atoms with E-state index in [0.717, 1.165) is 17.0 Å². The molecule has 0 saturated heterocycles. The third-order valence-corrected chi connectivity index (χ3v) is 2.77. The third-order valence-electron chi connectivity index (χ3n) is 2.77. The Hall–Kier alpha value is -1.77. The fourth-order valence-corrected chi connectivity index (χ4v) is 1.64. The van der Waals surface area contributed by atoms with E-state index >= 15 is 0 Å². The second-order valence-electron chi connectivity index (χ2n) is 5.45. The number of halogens is 1. The molecule has 2 aromatic rings. The average Bonchev–Trinajstić information content (AvgIpc) is 2.32. The Morgan fingerprint density at radius 2 is 1.67 bits per heavy atom. The predicted molar refractivity (Wildman–Crippen MR) is 69.9 cm³/mol. The van der Waals surface area contributed by atoms with Crippen molar-refractivity contribution in [1.29, 1.82) is 0 Å². The van der Waals surface area contributed by atoms with Crippen molar-refractivity contribution in [3.63, 3.8) is 0 Å². The van der Waals surface area contributed by atoms with Gasteiger partial charge in [0.1, 0.15) is 5.82 Å². The monoisotopic (exact) mass is 244 g/mol. The van der Waals surface area contributed by atoms with E-state index in [0.29, 0.717) is 6.42 Å². The van der Waals surface area contributed by atoms with E-state index in [2.05, 4.69) is 30.7 Å². The zero-order valence-corrected chi connectivity index (χ0v) is 10.9. The summed E-state index contributed by atoms with van der Waals surface area (Å²) in [4.78, 5) is 8.83. The number of hydrogen-bond donors (Lipinski definition) is 0. The third kappa shape index (κ3) is 3.13. The molecule has 0 unspecified atom stereocenters. The van der Waals surface area contributed by atoms with Gasteiger partial charge in [-0.3, -0.25) is 9.97 Å². The van der Waals surface area contributed by atoms with Crippen molar-refractivity contribution in [2.45, 2.75) is 32.6 Å². The summed E-state index contributed by atoms with van der Waals surface area (Å²) < 4.78 is 12.8. The summed E-state index contributed by atoms with van der Waals surface area (Å²) in [5.41, 5.74) is 2.93. The van der Waals surface area contributed by atoms with Crippen LogP contribution in [0, 0.1) is 5.82 Å². The Morgan fingerprint density at radius 3 is 2.17 bits per heavy atom. The van der Waals surface area contributed by atoms with Gasteiger partial charge in [0.25, 0.3) is 0 Å². The lowest BCUT2D eigenvalue weighted by Gasteiger charge is -2.16. The number of benzene rings is 1. The van der Waals surface area contributed by atoms with Crippen LogP contribution in [-0.4, -0.2) is 9.97 Å². The summed E-state index contributed by atoms with van der Waals surface area (Å²) >= 11 is 0. The van der Waals surface area contributed by atoms with Crippen LogP contribution >= 0.6 is 0 Å². The van der Waals surface area contributed by atoms with Crippen LogP contribution in [0.4, 0.5) is 4.39 Å². The largest absolute Gasteiger partial charge is 0.257 e. The SMILES string of the molecule is CC(C)(C)c1cnc(Cc2ccc(F)cc2)cn1. The van der Waals surface area contributed by atoms with Crippen LogP contribution in [0.15, 0.2) is 36.7 Å². The molecule has 0 N–H and O–H groups in total. The lowest BCUT2D eigenvalue weighted by atomic mass is 9.93. The molecular weight excluding hydrogens is 227 g/mol. The molecule has 0 bridgehead atoms. The minimum absolute atomic E-state index is 0.0153. The zero-order chi connectivity index (χ0) is 13.2. The minimum Gasteiger partial charge on any atom is -0.257 e. The van der Waals surface area contributed by atoms with Gasteiger partial charge in [-0.1, -0.05) is 32.9 Å². The summed E-state index contributed by atoms with van der Waals surface area (Å²) in [7, 11) is 0. The molecule has 0 atom stereocenters. The number of rotatable bonds is 2. The minimum atomic E-state index is -0.215. The molecule has 0 amide bonds. The van der Waals surface area contributed by atoms with Crippen LogP contribution in [0.1, 0.15) is 37.7 Å². The first kappa shape index (κ1) is 12.7. The van der Waals surface area contributed by atoms with Crippen molar-refractivity contribution in [3.05, 3.63) is 59.4 Å². The van der Waals surface area contributed by atoms with Crippen LogP contribution in [0.2, 0.25) is 0 Å². The maximum absolute atomic E-state index is 12.8. The summed E-state index contributed by atoms with van der Waals surface area (Å²) in [5, 5.41) is 0. The molecule has 0 aliphatic carbocycles. The Balaban J connectivity index is 2.13. The highest BCUT2D eigenvalue weighted by Gasteiger charge is 2.15. The van der Waals surface area contributed by atoms with Gasteiger partial charge in [0, 0.05) is 24.2 Å². The lowest BCUT2D eigenvalue weighted by Crippen LogP contribution is -2.14. The van der Waals surface area contributed by atoms with E-state index in [1.165, 1.54) is 12.1 Å². The molecule has 0 spiro atoms. The van der Waals surface area contributed by atoms with Crippen molar-refractivity contribution in [1.82, 2.24) is 9.97 Å².